The number of aliphatic imine (C=N–C) groups is 1. The fourth-order valence-electron chi connectivity index (χ4n) is 3.66. The highest BCUT2D eigenvalue weighted by Gasteiger charge is 2.52. The third kappa shape index (κ3) is 2.94. The maximum Gasteiger partial charge on any atom is 0.113 e. The van der Waals surface area contributed by atoms with Crippen molar-refractivity contribution < 1.29 is 0 Å². The monoisotopic (exact) mass is 357 g/mol. The van der Waals surface area contributed by atoms with Gasteiger partial charge in [0.05, 0.1) is 22.1 Å². The molecule has 4 rings (SSSR count). The molecule has 2 aliphatic rings. The number of aromatic nitrogens is 3. The topological polar surface area (TPSA) is 61.6 Å². The van der Waals surface area contributed by atoms with Crippen LogP contribution in [-0.4, -0.2) is 64.8 Å². The zero-order valence-corrected chi connectivity index (χ0v) is 15.5. The Morgan fingerprint density at radius 3 is 2.80 bits per heavy atom. The van der Waals surface area contributed by atoms with Gasteiger partial charge in [-0.25, -0.2) is 9.69 Å². The molecule has 1 aromatic carbocycles. The molecule has 2 saturated heterocycles. The van der Waals surface area contributed by atoms with Gasteiger partial charge in [-0.3, -0.25) is 10.4 Å². The van der Waals surface area contributed by atoms with Crippen LogP contribution in [0.1, 0.15) is 6.92 Å². The molecule has 0 bridgehead atoms. The van der Waals surface area contributed by atoms with Crippen LogP contribution in [0.15, 0.2) is 40.0 Å². The summed E-state index contributed by atoms with van der Waals surface area (Å²) in [6, 6.07) is 8.04. The van der Waals surface area contributed by atoms with Crippen LogP contribution in [0.3, 0.4) is 0 Å². The largest absolute Gasteiger partial charge is 0.363 e. The highest BCUT2D eigenvalue weighted by Crippen LogP contribution is 2.43. The fraction of sp³-hybridized carbons (Fsp3) is 0.471. The molecule has 0 saturated carbocycles. The van der Waals surface area contributed by atoms with E-state index in [2.05, 4.69) is 43.4 Å². The summed E-state index contributed by atoms with van der Waals surface area (Å²) in [5.41, 5.74) is 6.62. The summed E-state index contributed by atoms with van der Waals surface area (Å²) in [7, 11) is 1.98. The number of para-hydroxylation sites is 1. The molecular weight excluding hydrogens is 334 g/mol. The standard InChI is InChI=1S/C17H23N7S/c1-13(18-2)16(22-8-17(9-22)10-23(11-17)19-3)25-12-24-15-7-5-4-6-14(15)20-21-24/h4-7,19H,2,8-12H2,1,3H3/b16-13-. The van der Waals surface area contributed by atoms with E-state index in [1.807, 2.05) is 36.9 Å². The van der Waals surface area contributed by atoms with Crippen molar-refractivity contribution in [1.82, 2.24) is 30.3 Å². The van der Waals surface area contributed by atoms with E-state index >= 15 is 0 Å². The van der Waals surface area contributed by atoms with Crippen LogP contribution in [0.4, 0.5) is 0 Å². The van der Waals surface area contributed by atoms with Crippen molar-refractivity contribution in [2.45, 2.75) is 12.8 Å². The molecule has 2 aliphatic heterocycles. The second kappa shape index (κ2) is 6.44. The zero-order valence-electron chi connectivity index (χ0n) is 14.6. The molecule has 3 heterocycles. The molecule has 2 aromatic rings. The van der Waals surface area contributed by atoms with Crippen LogP contribution in [0.2, 0.25) is 0 Å². The number of rotatable bonds is 6. The van der Waals surface area contributed by atoms with Gasteiger partial charge in [0.1, 0.15) is 5.52 Å². The summed E-state index contributed by atoms with van der Waals surface area (Å²) in [6.07, 6.45) is 0. The molecule has 0 amide bonds. The average Bonchev–Trinajstić information content (AvgIpc) is 2.97. The van der Waals surface area contributed by atoms with Crippen LogP contribution in [0.25, 0.3) is 11.0 Å². The Balaban J connectivity index is 1.44. The third-order valence-corrected chi connectivity index (χ3v) is 6.20. The van der Waals surface area contributed by atoms with Gasteiger partial charge in [0, 0.05) is 31.6 Å². The van der Waals surface area contributed by atoms with Crippen molar-refractivity contribution in [1.29, 1.82) is 0 Å². The lowest BCUT2D eigenvalue weighted by Crippen LogP contribution is -2.73. The lowest BCUT2D eigenvalue weighted by molar-refractivity contribution is -0.116. The number of likely N-dealkylation sites (tertiary alicyclic amines) is 1. The van der Waals surface area contributed by atoms with Crippen molar-refractivity contribution in [3.63, 3.8) is 0 Å². The Morgan fingerprint density at radius 1 is 1.32 bits per heavy atom. The van der Waals surface area contributed by atoms with Crippen LogP contribution < -0.4 is 5.43 Å². The van der Waals surface area contributed by atoms with E-state index in [1.165, 1.54) is 5.03 Å². The second-order valence-corrected chi connectivity index (χ2v) is 7.77. The van der Waals surface area contributed by atoms with Gasteiger partial charge < -0.3 is 4.90 Å². The Morgan fingerprint density at radius 2 is 2.08 bits per heavy atom. The van der Waals surface area contributed by atoms with E-state index in [9.17, 15) is 0 Å². The molecule has 2 fully saturated rings. The molecule has 132 valence electrons. The summed E-state index contributed by atoms with van der Waals surface area (Å²) in [6.45, 7) is 10.1. The number of hydrogen-bond donors (Lipinski definition) is 1. The summed E-state index contributed by atoms with van der Waals surface area (Å²) in [5.74, 6) is 0.717. The number of hydrogen-bond acceptors (Lipinski definition) is 7. The molecule has 0 radical (unpaired) electrons. The van der Waals surface area contributed by atoms with E-state index in [-0.39, 0.29) is 0 Å². The molecule has 7 nitrogen and oxygen atoms in total. The molecule has 0 aliphatic carbocycles. The first-order chi connectivity index (χ1) is 12.1. The van der Waals surface area contributed by atoms with Crippen molar-refractivity contribution in [3.05, 3.63) is 35.0 Å². The highest BCUT2D eigenvalue weighted by molar-refractivity contribution is 8.02. The number of fused-ring (bicyclic) bond motifs is 1. The lowest BCUT2D eigenvalue weighted by atomic mass is 9.74. The number of allylic oxidation sites excluding steroid dienone is 1. The van der Waals surface area contributed by atoms with Gasteiger partial charge in [0.15, 0.2) is 0 Å². The molecule has 8 heteroatoms. The van der Waals surface area contributed by atoms with Gasteiger partial charge in [-0.05, 0) is 32.8 Å². The van der Waals surface area contributed by atoms with Crippen molar-refractivity contribution in [2.24, 2.45) is 10.4 Å². The first-order valence-electron chi connectivity index (χ1n) is 8.40. The maximum atomic E-state index is 4.28. The first-order valence-corrected chi connectivity index (χ1v) is 9.39. The molecular formula is C17H23N7S. The van der Waals surface area contributed by atoms with E-state index < -0.39 is 0 Å². The Labute approximate surface area is 151 Å². The van der Waals surface area contributed by atoms with Gasteiger partial charge in [0.25, 0.3) is 0 Å². The fourth-order valence-corrected chi connectivity index (χ4v) is 4.68. The quantitative estimate of drug-likeness (QED) is 0.795. The molecule has 1 N–H and O–H groups in total. The third-order valence-electron chi connectivity index (χ3n) is 5.00. The molecule has 0 unspecified atom stereocenters. The Kier molecular flexibility index (Phi) is 4.26. The minimum absolute atomic E-state index is 0.441. The van der Waals surface area contributed by atoms with Gasteiger partial charge in [-0.15, -0.1) is 5.10 Å². The second-order valence-electron chi connectivity index (χ2n) is 6.84. The summed E-state index contributed by atoms with van der Waals surface area (Å²) >= 11 is 1.76. The Hall–Kier alpha value is -1.90. The van der Waals surface area contributed by atoms with Gasteiger partial charge in [-0.2, -0.15) is 0 Å². The molecule has 25 heavy (non-hydrogen) atoms. The smallest absolute Gasteiger partial charge is 0.113 e. The predicted octanol–water partition coefficient (Wildman–Crippen LogP) is 1.76. The minimum Gasteiger partial charge on any atom is -0.363 e. The highest BCUT2D eigenvalue weighted by atomic mass is 32.2. The molecule has 1 spiro atoms. The zero-order chi connectivity index (χ0) is 17.4. The molecule has 1 aromatic heterocycles. The van der Waals surface area contributed by atoms with E-state index in [0.29, 0.717) is 5.41 Å². The van der Waals surface area contributed by atoms with Crippen LogP contribution in [0, 0.1) is 5.41 Å². The summed E-state index contributed by atoms with van der Waals surface area (Å²) < 4.78 is 1.94. The van der Waals surface area contributed by atoms with Gasteiger partial charge in [0.2, 0.25) is 0 Å². The van der Waals surface area contributed by atoms with E-state index in [0.717, 1.165) is 48.8 Å². The normalized spacial score (nSPS) is 20.3. The van der Waals surface area contributed by atoms with Crippen LogP contribution in [-0.2, 0) is 5.88 Å². The van der Waals surface area contributed by atoms with Crippen LogP contribution >= 0.6 is 11.8 Å². The van der Waals surface area contributed by atoms with Crippen molar-refractivity contribution >= 4 is 29.5 Å². The SMILES string of the molecule is C=N/C(C)=C(\SCn1nnc2ccccc21)N1CC2(CN(NC)C2)C1. The first kappa shape index (κ1) is 16.6. The number of nitrogens with one attached hydrogen (secondary N) is 1. The number of thioether (sulfide) groups is 1. The van der Waals surface area contributed by atoms with Gasteiger partial charge in [-0.1, -0.05) is 29.1 Å². The van der Waals surface area contributed by atoms with E-state index in [1.54, 1.807) is 11.8 Å². The number of benzene rings is 1. The molecule has 0 atom stereocenters. The predicted molar refractivity (Wildman–Crippen MR) is 102 cm³/mol. The summed E-state index contributed by atoms with van der Waals surface area (Å²) in [4.78, 5) is 6.59. The lowest BCUT2D eigenvalue weighted by Gasteiger charge is -2.61. The van der Waals surface area contributed by atoms with Gasteiger partial charge >= 0.3 is 0 Å². The maximum absolute atomic E-state index is 4.28. The van der Waals surface area contributed by atoms with Crippen molar-refractivity contribution in [3.8, 4) is 0 Å². The number of hydrazine groups is 1. The summed E-state index contributed by atoms with van der Waals surface area (Å²) in [5, 5.41) is 12.0. The van der Waals surface area contributed by atoms with Crippen LogP contribution in [0.5, 0.6) is 0 Å². The Bertz CT molecular complexity index is 813. The minimum atomic E-state index is 0.441. The number of nitrogens with zero attached hydrogens (tertiary/aromatic N) is 6. The average molecular weight is 357 g/mol. The van der Waals surface area contributed by atoms with E-state index in [4.69, 9.17) is 0 Å². The van der Waals surface area contributed by atoms with Crippen molar-refractivity contribution in [2.75, 3.05) is 33.2 Å².